The molecule has 0 N–H and O–H groups in total. The van der Waals surface area contributed by atoms with Gasteiger partial charge < -0.3 is 9.16 Å². The van der Waals surface area contributed by atoms with Crippen molar-refractivity contribution in [3.05, 3.63) is 12.7 Å². The maximum Gasteiger partial charge on any atom is 0.330 e. The number of hydrogen-bond acceptors (Lipinski definition) is 3. The van der Waals surface area contributed by atoms with Gasteiger partial charge in [0, 0.05) is 12.7 Å². The summed E-state index contributed by atoms with van der Waals surface area (Å²) in [5.74, 6) is -0.326. The van der Waals surface area contributed by atoms with Crippen LogP contribution in [0.2, 0.25) is 18.1 Å². The Hall–Kier alpha value is -0.613. The molecule has 0 aromatic rings. The number of carbonyl (C=O) groups is 1. The molecule has 0 aliphatic carbocycles. The van der Waals surface area contributed by atoms with E-state index in [-0.39, 0.29) is 5.97 Å². The maximum absolute atomic E-state index is 11.0. The summed E-state index contributed by atoms with van der Waals surface area (Å²) >= 11 is 0. The molecule has 0 fully saturated rings. The van der Waals surface area contributed by atoms with Crippen LogP contribution >= 0.6 is 0 Å². The third-order valence-electron chi connectivity index (χ3n) is 3.21. The Bertz CT molecular complexity index is 248. The first-order valence-corrected chi connectivity index (χ1v) is 10.1. The maximum atomic E-state index is 11.0. The monoisotopic (exact) mass is 286 g/mol. The first-order valence-electron chi connectivity index (χ1n) is 7.57. The summed E-state index contributed by atoms with van der Waals surface area (Å²) in [7, 11) is -1.62. The standard InChI is InChI=1S/C15H30O3Si/c1-5-10-18-19(12-6-2,13-7-3)14-9-11-17-15(16)8-4/h8H,4-7,9-14H2,1-3H3. The highest BCUT2D eigenvalue weighted by molar-refractivity contribution is 6.73. The minimum atomic E-state index is -1.62. The van der Waals surface area contributed by atoms with Crippen LogP contribution in [0.3, 0.4) is 0 Å². The average molecular weight is 286 g/mol. The molecule has 3 nitrogen and oxygen atoms in total. The van der Waals surface area contributed by atoms with Crippen molar-refractivity contribution in [3.63, 3.8) is 0 Å². The van der Waals surface area contributed by atoms with Crippen molar-refractivity contribution in [1.29, 1.82) is 0 Å². The summed E-state index contributed by atoms with van der Waals surface area (Å²) in [6.07, 6.45) is 5.57. The molecule has 0 atom stereocenters. The lowest BCUT2D eigenvalue weighted by Gasteiger charge is -2.31. The number of carbonyl (C=O) groups excluding carboxylic acids is 1. The predicted molar refractivity (Wildman–Crippen MR) is 82.8 cm³/mol. The molecule has 0 aliphatic rings. The first kappa shape index (κ1) is 18.4. The van der Waals surface area contributed by atoms with E-state index in [1.807, 2.05) is 0 Å². The van der Waals surface area contributed by atoms with Gasteiger partial charge in [-0.3, -0.25) is 0 Å². The second-order valence-electron chi connectivity index (χ2n) is 5.01. The van der Waals surface area contributed by atoms with Gasteiger partial charge in [-0.2, -0.15) is 0 Å². The van der Waals surface area contributed by atoms with Gasteiger partial charge in [-0.1, -0.05) is 40.2 Å². The second kappa shape index (κ2) is 11.2. The van der Waals surface area contributed by atoms with Crippen molar-refractivity contribution >= 4 is 14.3 Å². The van der Waals surface area contributed by atoms with Crippen LogP contribution in [0.1, 0.15) is 46.5 Å². The zero-order valence-corrected chi connectivity index (χ0v) is 13.9. The molecule has 0 radical (unpaired) electrons. The molecular formula is C15H30O3Si. The Morgan fingerprint density at radius 1 is 1.05 bits per heavy atom. The van der Waals surface area contributed by atoms with Crippen LogP contribution in [0, 0.1) is 0 Å². The van der Waals surface area contributed by atoms with E-state index < -0.39 is 8.32 Å². The Balaban J connectivity index is 4.28. The molecule has 0 spiro atoms. The number of hydrogen-bond donors (Lipinski definition) is 0. The number of ether oxygens (including phenoxy) is 1. The van der Waals surface area contributed by atoms with E-state index in [2.05, 4.69) is 27.4 Å². The van der Waals surface area contributed by atoms with Gasteiger partial charge in [0.2, 0.25) is 0 Å². The molecule has 0 saturated heterocycles. The summed E-state index contributed by atoms with van der Waals surface area (Å²) in [5, 5.41) is 0. The molecule has 0 saturated carbocycles. The third kappa shape index (κ3) is 8.21. The highest BCUT2D eigenvalue weighted by Gasteiger charge is 2.32. The molecular weight excluding hydrogens is 256 g/mol. The van der Waals surface area contributed by atoms with Gasteiger partial charge in [0.25, 0.3) is 0 Å². The van der Waals surface area contributed by atoms with Crippen LogP contribution in [-0.2, 0) is 14.0 Å². The molecule has 0 aromatic carbocycles. The molecule has 112 valence electrons. The van der Waals surface area contributed by atoms with Gasteiger partial charge in [0.05, 0.1) is 6.61 Å². The molecule has 0 heterocycles. The van der Waals surface area contributed by atoms with E-state index in [1.165, 1.54) is 31.0 Å². The van der Waals surface area contributed by atoms with E-state index >= 15 is 0 Å². The molecule has 0 bridgehead atoms. The summed E-state index contributed by atoms with van der Waals surface area (Å²) in [5.41, 5.74) is 0. The second-order valence-corrected chi connectivity index (χ2v) is 9.16. The van der Waals surface area contributed by atoms with Crippen LogP contribution in [-0.4, -0.2) is 27.5 Å². The Morgan fingerprint density at radius 2 is 1.68 bits per heavy atom. The van der Waals surface area contributed by atoms with Gasteiger partial charge in [-0.05, 0) is 31.0 Å². The van der Waals surface area contributed by atoms with Crippen molar-refractivity contribution in [2.45, 2.75) is 64.6 Å². The Kier molecular flexibility index (Phi) is 10.9. The van der Waals surface area contributed by atoms with Crippen LogP contribution in [0.5, 0.6) is 0 Å². The fourth-order valence-electron chi connectivity index (χ4n) is 2.45. The zero-order valence-electron chi connectivity index (χ0n) is 12.9. The minimum Gasteiger partial charge on any atom is -0.463 e. The first-order chi connectivity index (χ1) is 9.14. The third-order valence-corrected chi connectivity index (χ3v) is 8.12. The Morgan fingerprint density at radius 3 is 2.16 bits per heavy atom. The highest BCUT2D eigenvalue weighted by atomic mass is 28.4. The largest absolute Gasteiger partial charge is 0.463 e. The predicted octanol–water partition coefficient (Wildman–Crippen LogP) is 4.30. The average Bonchev–Trinajstić information content (AvgIpc) is 2.41. The molecule has 19 heavy (non-hydrogen) atoms. The molecule has 0 unspecified atom stereocenters. The van der Waals surface area contributed by atoms with Crippen molar-refractivity contribution < 1.29 is 14.0 Å². The smallest absolute Gasteiger partial charge is 0.330 e. The normalized spacial score (nSPS) is 11.3. The van der Waals surface area contributed by atoms with Crippen LogP contribution < -0.4 is 0 Å². The molecule has 4 heteroatoms. The quantitative estimate of drug-likeness (QED) is 0.232. The van der Waals surface area contributed by atoms with E-state index in [1.54, 1.807) is 0 Å². The van der Waals surface area contributed by atoms with E-state index in [9.17, 15) is 4.79 Å². The lowest BCUT2D eigenvalue weighted by atomic mass is 10.5. The SMILES string of the molecule is C=CC(=O)OCCC[Si](CCC)(CCC)OCCC. The van der Waals surface area contributed by atoms with Gasteiger partial charge in [0.15, 0.2) is 8.32 Å². The fraction of sp³-hybridized carbons (Fsp3) is 0.800. The van der Waals surface area contributed by atoms with E-state index in [0.717, 1.165) is 25.5 Å². The molecule has 0 aliphatic heterocycles. The van der Waals surface area contributed by atoms with Gasteiger partial charge in [0.1, 0.15) is 0 Å². The van der Waals surface area contributed by atoms with E-state index in [4.69, 9.17) is 9.16 Å². The lowest BCUT2D eigenvalue weighted by molar-refractivity contribution is -0.137. The summed E-state index contributed by atoms with van der Waals surface area (Å²) in [6.45, 7) is 11.4. The van der Waals surface area contributed by atoms with Gasteiger partial charge in [-0.25, -0.2) is 4.79 Å². The van der Waals surface area contributed by atoms with Crippen molar-refractivity contribution in [3.8, 4) is 0 Å². The Labute approximate surface area is 119 Å². The molecule has 0 amide bonds. The van der Waals surface area contributed by atoms with Crippen molar-refractivity contribution in [2.24, 2.45) is 0 Å². The molecule has 0 rings (SSSR count). The summed E-state index contributed by atoms with van der Waals surface area (Å²) in [6, 6.07) is 3.53. The topological polar surface area (TPSA) is 35.5 Å². The van der Waals surface area contributed by atoms with Crippen LogP contribution in [0.4, 0.5) is 0 Å². The van der Waals surface area contributed by atoms with Crippen LogP contribution in [0.15, 0.2) is 12.7 Å². The minimum absolute atomic E-state index is 0.326. The van der Waals surface area contributed by atoms with Crippen molar-refractivity contribution in [2.75, 3.05) is 13.2 Å². The lowest BCUT2D eigenvalue weighted by Crippen LogP contribution is -2.38. The molecule has 0 aromatic heterocycles. The van der Waals surface area contributed by atoms with Gasteiger partial charge in [-0.15, -0.1) is 0 Å². The van der Waals surface area contributed by atoms with E-state index in [0.29, 0.717) is 6.61 Å². The van der Waals surface area contributed by atoms with Gasteiger partial charge >= 0.3 is 5.97 Å². The highest BCUT2D eigenvalue weighted by Crippen LogP contribution is 2.27. The summed E-state index contributed by atoms with van der Waals surface area (Å²) < 4.78 is 11.3. The number of rotatable bonds is 12. The zero-order chi connectivity index (χ0) is 14.6. The number of esters is 1. The van der Waals surface area contributed by atoms with Crippen molar-refractivity contribution in [1.82, 2.24) is 0 Å². The summed E-state index contributed by atoms with van der Waals surface area (Å²) in [4.78, 5) is 11.0. The fourth-order valence-corrected chi connectivity index (χ4v) is 6.88. The van der Waals surface area contributed by atoms with Crippen LogP contribution in [0.25, 0.3) is 0 Å².